The summed E-state index contributed by atoms with van der Waals surface area (Å²) in [6.45, 7) is 1.80. The molecule has 0 aliphatic rings. The van der Waals surface area contributed by atoms with Crippen LogP contribution in [0, 0.1) is 10.5 Å². The Morgan fingerprint density at radius 1 is 1.43 bits per heavy atom. The largest absolute Gasteiger partial charge is 0.334 e. The Labute approximate surface area is 103 Å². The van der Waals surface area contributed by atoms with Crippen molar-refractivity contribution in [2.24, 2.45) is 0 Å². The second kappa shape index (κ2) is 3.98. The van der Waals surface area contributed by atoms with Crippen molar-refractivity contribution in [3.63, 3.8) is 0 Å². The zero-order chi connectivity index (χ0) is 10.1. The lowest BCUT2D eigenvalue weighted by Crippen LogP contribution is -1.81. The van der Waals surface area contributed by atoms with Gasteiger partial charge in [0.05, 0.1) is 5.56 Å². The molecule has 1 heterocycles. The van der Waals surface area contributed by atoms with E-state index in [0.717, 1.165) is 13.6 Å². The van der Waals surface area contributed by atoms with Crippen LogP contribution in [0.25, 0.3) is 11.5 Å². The minimum Gasteiger partial charge on any atom is -0.334 e. The van der Waals surface area contributed by atoms with Gasteiger partial charge < -0.3 is 4.52 Å². The Morgan fingerprint density at radius 3 is 2.79 bits per heavy atom. The van der Waals surface area contributed by atoms with Gasteiger partial charge in [0.15, 0.2) is 5.82 Å². The molecule has 0 bridgehead atoms. The van der Waals surface area contributed by atoms with Crippen molar-refractivity contribution < 1.29 is 4.52 Å². The maximum Gasteiger partial charge on any atom is 0.259 e. The Balaban J connectivity index is 2.52. The van der Waals surface area contributed by atoms with Gasteiger partial charge in [-0.1, -0.05) is 5.16 Å². The molecular weight excluding hydrogens is 359 g/mol. The fourth-order valence-electron chi connectivity index (χ4n) is 1.07. The van der Waals surface area contributed by atoms with Crippen LogP contribution in [0.5, 0.6) is 0 Å². The summed E-state index contributed by atoms with van der Waals surface area (Å²) >= 11 is 5.71. The number of hydrogen-bond acceptors (Lipinski definition) is 3. The molecule has 5 heteroatoms. The van der Waals surface area contributed by atoms with Gasteiger partial charge in [-0.15, -0.1) is 0 Å². The van der Waals surface area contributed by atoms with Crippen molar-refractivity contribution in [2.45, 2.75) is 6.92 Å². The van der Waals surface area contributed by atoms with Crippen LogP contribution in [0.3, 0.4) is 0 Å². The van der Waals surface area contributed by atoms with E-state index in [-0.39, 0.29) is 0 Å². The number of aromatic nitrogens is 2. The first-order valence-corrected chi connectivity index (χ1v) is 5.80. The zero-order valence-corrected chi connectivity index (χ0v) is 11.0. The molecule has 3 nitrogen and oxygen atoms in total. The molecule has 0 radical (unpaired) electrons. The van der Waals surface area contributed by atoms with Crippen LogP contribution in [-0.4, -0.2) is 10.1 Å². The molecule has 14 heavy (non-hydrogen) atoms. The summed E-state index contributed by atoms with van der Waals surface area (Å²) in [7, 11) is 0. The number of halogens is 2. The second-order valence-electron chi connectivity index (χ2n) is 2.77. The molecule has 0 amide bonds. The quantitative estimate of drug-likeness (QED) is 0.728. The summed E-state index contributed by atoms with van der Waals surface area (Å²) in [4.78, 5) is 4.16. The lowest BCUT2D eigenvalue weighted by atomic mass is 10.2. The standard InChI is InChI=1S/C9H6BrIN2O/c1-5-12-9(14-13-5)7-3-2-6(11)4-8(7)10/h2-4H,1H3. The topological polar surface area (TPSA) is 38.9 Å². The van der Waals surface area contributed by atoms with Crippen LogP contribution in [0.15, 0.2) is 27.2 Å². The van der Waals surface area contributed by atoms with Gasteiger partial charge in [-0.3, -0.25) is 0 Å². The molecule has 0 spiro atoms. The van der Waals surface area contributed by atoms with Gasteiger partial charge in [0, 0.05) is 8.04 Å². The molecule has 72 valence electrons. The Morgan fingerprint density at radius 2 is 2.21 bits per heavy atom. The molecule has 0 aliphatic heterocycles. The Bertz CT molecular complexity index is 470. The van der Waals surface area contributed by atoms with E-state index in [1.807, 2.05) is 18.2 Å². The summed E-state index contributed by atoms with van der Waals surface area (Å²) in [6.07, 6.45) is 0. The predicted molar refractivity (Wildman–Crippen MR) is 64.9 cm³/mol. The van der Waals surface area contributed by atoms with Gasteiger partial charge in [0.2, 0.25) is 0 Å². The third kappa shape index (κ3) is 1.98. The second-order valence-corrected chi connectivity index (χ2v) is 4.87. The highest BCUT2D eigenvalue weighted by molar-refractivity contribution is 14.1. The monoisotopic (exact) mass is 364 g/mol. The summed E-state index contributed by atoms with van der Waals surface area (Å²) in [5, 5.41) is 3.75. The Hall–Kier alpha value is -0.430. The predicted octanol–water partition coefficient (Wildman–Crippen LogP) is 3.41. The summed E-state index contributed by atoms with van der Waals surface area (Å²) in [5.41, 5.74) is 0.922. The summed E-state index contributed by atoms with van der Waals surface area (Å²) in [6, 6.07) is 5.97. The zero-order valence-electron chi connectivity index (χ0n) is 7.29. The van der Waals surface area contributed by atoms with Gasteiger partial charge in [0.25, 0.3) is 5.89 Å². The van der Waals surface area contributed by atoms with Gasteiger partial charge in [-0.25, -0.2) is 0 Å². The highest BCUT2D eigenvalue weighted by atomic mass is 127. The van der Waals surface area contributed by atoms with E-state index in [9.17, 15) is 0 Å². The molecule has 0 aliphatic carbocycles. The molecule has 0 saturated carbocycles. The van der Waals surface area contributed by atoms with E-state index in [0.29, 0.717) is 11.7 Å². The average Bonchev–Trinajstić information content (AvgIpc) is 2.51. The summed E-state index contributed by atoms with van der Waals surface area (Å²) in [5.74, 6) is 1.19. The number of aryl methyl sites for hydroxylation is 1. The maximum atomic E-state index is 5.08. The smallest absolute Gasteiger partial charge is 0.259 e. The Kier molecular flexibility index (Phi) is 2.87. The van der Waals surface area contributed by atoms with Crippen LogP contribution < -0.4 is 0 Å². The molecule has 2 aromatic rings. The third-order valence-electron chi connectivity index (χ3n) is 1.69. The molecule has 0 atom stereocenters. The molecule has 0 N–H and O–H groups in total. The van der Waals surface area contributed by atoms with Crippen LogP contribution >= 0.6 is 38.5 Å². The molecule has 2 rings (SSSR count). The minimum atomic E-state index is 0.547. The van der Waals surface area contributed by atoms with Crippen molar-refractivity contribution in [3.05, 3.63) is 32.1 Å². The molecule has 0 saturated heterocycles. The number of benzene rings is 1. The van der Waals surface area contributed by atoms with Gasteiger partial charge >= 0.3 is 0 Å². The lowest BCUT2D eigenvalue weighted by molar-refractivity contribution is 0.425. The van der Waals surface area contributed by atoms with Crippen LogP contribution in [0.2, 0.25) is 0 Å². The third-order valence-corrected chi connectivity index (χ3v) is 3.02. The lowest BCUT2D eigenvalue weighted by Gasteiger charge is -1.98. The fraction of sp³-hybridized carbons (Fsp3) is 0.111. The highest BCUT2D eigenvalue weighted by Gasteiger charge is 2.09. The molecule has 0 fully saturated rings. The fourth-order valence-corrected chi connectivity index (χ4v) is 2.54. The molecule has 0 unspecified atom stereocenters. The SMILES string of the molecule is Cc1noc(-c2ccc(I)cc2Br)n1. The first-order chi connectivity index (χ1) is 6.66. The number of nitrogens with zero attached hydrogens (tertiary/aromatic N) is 2. The van der Waals surface area contributed by atoms with Crippen LogP contribution in [0.4, 0.5) is 0 Å². The maximum absolute atomic E-state index is 5.08. The highest BCUT2D eigenvalue weighted by Crippen LogP contribution is 2.28. The van der Waals surface area contributed by atoms with E-state index in [1.54, 1.807) is 6.92 Å². The molecular formula is C9H6BrIN2O. The van der Waals surface area contributed by atoms with Crippen molar-refractivity contribution in [2.75, 3.05) is 0 Å². The van der Waals surface area contributed by atoms with Gasteiger partial charge in [0.1, 0.15) is 0 Å². The summed E-state index contributed by atoms with van der Waals surface area (Å²) < 4.78 is 7.20. The first kappa shape index (κ1) is 10.1. The van der Waals surface area contributed by atoms with E-state index in [1.165, 1.54) is 0 Å². The minimum absolute atomic E-state index is 0.547. The normalized spacial score (nSPS) is 10.5. The van der Waals surface area contributed by atoms with E-state index < -0.39 is 0 Å². The van der Waals surface area contributed by atoms with E-state index in [4.69, 9.17) is 4.52 Å². The number of rotatable bonds is 1. The first-order valence-electron chi connectivity index (χ1n) is 3.92. The van der Waals surface area contributed by atoms with Crippen molar-refractivity contribution in [3.8, 4) is 11.5 Å². The number of hydrogen-bond donors (Lipinski definition) is 0. The average molecular weight is 365 g/mol. The molecule has 1 aromatic carbocycles. The molecule has 1 aromatic heterocycles. The van der Waals surface area contributed by atoms with Gasteiger partial charge in [-0.2, -0.15) is 4.98 Å². The van der Waals surface area contributed by atoms with Crippen molar-refractivity contribution in [1.29, 1.82) is 0 Å². The van der Waals surface area contributed by atoms with E-state index >= 15 is 0 Å². The van der Waals surface area contributed by atoms with E-state index in [2.05, 4.69) is 48.7 Å². The van der Waals surface area contributed by atoms with Crippen LogP contribution in [-0.2, 0) is 0 Å². The van der Waals surface area contributed by atoms with Crippen LogP contribution in [0.1, 0.15) is 5.82 Å². The van der Waals surface area contributed by atoms with Crippen molar-refractivity contribution in [1.82, 2.24) is 10.1 Å². The van der Waals surface area contributed by atoms with Crippen molar-refractivity contribution >= 4 is 38.5 Å². The van der Waals surface area contributed by atoms with Gasteiger partial charge in [-0.05, 0) is 63.6 Å².